The van der Waals surface area contributed by atoms with E-state index >= 15 is 0 Å². The molecule has 2 aliphatic rings. The van der Waals surface area contributed by atoms with Crippen molar-refractivity contribution in [3.05, 3.63) is 42.6 Å². The van der Waals surface area contributed by atoms with Crippen LogP contribution in [0.15, 0.2) is 50.7 Å². The summed E-state index contributed by atoms with van der Waals surface area (Å²) in [5.41, 5.74) is 0.484. The maximum Gasteiger partial charge on any atom is 0.276 e. The van der Waals surface area contributed by atoms with Crippen molar-refractivity contribution < 1.29 is 17.3 Å². The highest BCUT2D eigenvalue weighted by molar-refractivity contribution is 7.89. The molecule has 0 bridgehead atoms. The van der Waals surface area contributed by atoms with E-state index in [1.165, 1.54) is 29.5 Å². The zero-order valence-electron chi connectivity index (χ0n) is 16.5. The minimum absolute atomic E-state index is 0.107. The molecule has 5 rings (SSSR count). The van der Waals surface area contributed by atoms with Crippen LogP contribution in [0.25, 0.3) is 11.5 Å². The van der Waals surface area contributed by atoms with E-state index in [0.717, 1.165) is 18.7 Å². The number of anilines is 1. The first kappa shape index (κ1) is 19.3. The average Bonchev–Trinajstić information content (AvgIpc) is 3.55. The number of rotatable bonds is 5. The van der Waals surface area contributed by atoms with E-state index in [-0.39, 0.29) is 5.09 Å². The molecule has 10 heteroatoms. The number of hydrogen-bond acceptors (Lipinski definition) is 8. The lowest BCUT2D eigenvalue weighted by atomic mass is 10.1. The lowest BCUT2D eigenvalue weighted by molar-refractivity contribution is 0.361. The van der Waals surface area contributed by atoms with Crippen molar-refractivity contribution in [2.75, 3.05) is 31.1 Å². The largest absolute Gasteiger partial charge is 0.451 e. The summed E-state index contributed by atoms with van der Waals surface area (Å²) in [5.74, 6) is 2.07. The summed E-state index contributed by atoms with van der Waals surface area (Å²) < 4.78 is 38.7. The quantitative estimate of drug-likeness (QED) is 0.610. The Bertz CT molecular complexity index is 1100. The number of pyridine rings is 1. The van der Waals surface area contributed by atoms with E-state index in [9.17, 15) is 8.42 Å². The second-order valence-electron chi connectivity index (χ2n) is 7.66. The SMILES string of the molecule is O=S(=O)(c1cc(-c2nnc(C3CCCC3)o2)co1)N1CCN(c2ccccn2)CC1. The highest BCUT2D eigenvalue weighted by atomic mass is 32.2. The van der Waals surface area contributed by atoms with E-state index in [4.69, 9.17) is 8.83 Å². The van der Waals surface area contributed by atoms with Gasteiger partial charge in [-0.3, -0.25) is 0 Å². The maximum absolute atomic E-state index is 13.0. The number of furan rings is 1. The van der Waals surface area contributed by atoms with Gasteiger partial charge in [0.05, 0.1) is 5.56 Å². The van der Waals surface area contributed by atoms with Crippen LogP contribution in [0, 0.1) is 0 Å². The number of hydrogen-bond donors (Lipinski definition) is 0. The minimum Gasteiger partial charge on any atom is -0.451 e. The van der Waals surface area contributed by atoms with Crippen molar-refractivity contribution in [3.63, 3.8) is 0 Å². The van der Waals surface area contributed by atoms with Gasteiger partial charge in [0.1, 0.15) is 12.1 Å². The summed E-state index contributed by atoms with van der Waals surface area (Å²) in [4.78, 5) is 6.40. The molecule has 158 valence electrons. The predicted molar refractivity (Wildman–Crippen MR) is 108 cm³/mol. The molecule has 0 aromatic carbocycles. The Morgan fingerprint density at radius 1 is 1.03 bits per heavy atom. The zero-order chi connectivity index (χ0) is 20.6. The van der Waals surface area contributed by atoms with Crippen LogP contribution >= 0.6 is 0 Å². The summed E-state index contributed by atoms with van der Waals surface area (Å²) in [6.45, 7) is 1.86. The molecule has 0 spiro atoms. The monoisotopic (exact) mass is 429 g/mol. The molecule has 4 heterocycles. The van der Waals surface area contributed by atoms with Crippen molar-refractivity contribution in [2.24, 2.45) is 0 Å². The van der Waals surface area contributed by atoms with Crippen molar-refractivity contribution in [3.8, 4) is 11.5 Å². The number of sulfonamides is 1. The standard InChI is InChI=1S/C20H23N5O4S/c26-30(27,25-11-9-24(10-12-25)17-7-3-4-8-21-17)18-13-16(14-28-18)20-23-22-19(29-20)15-5-1-2-6-15/h3-4,7-8,13-15H,1-2,5-6,9-12H2. The summed E-state index contributed by atoms with van der Waals surface area (Å²) in [5, 5.41) is 8.12. The predicted octanol–water partition coefficient (Wildman–Crippen LogP) is 2.89. The van der Waals surface area contributed by atoms with Gasteiger partial charge in [0.15, 0.2) is 0 Å². The summed E-state index contributed by atoms with van der Waals surface area (Å²) >= 11 is 0. The Balaban J connectivity index is 1.28. The van der Waals surface area contributed by atoms with Gasteiger partial charge in [-0.2, -0.15) is 4.31 Å². The molecule has 3 aromatic rings. The van der Waals surface area contributed by atoms with Gasteiger partial charge in [-0.25, -0.2) is 13.4 Å². The van der Waals surface area contributed by atoms with Gasteiger partial charge in [-0.1, -0.05) is 18.9 Å². The third-order valence-electron chi connectivity index (χ3n) is 5.77. The van der Waals surface area contributed by atoms with Gasteiger partial charge in [-0.05, 0) is 25.0 Å². The van der Waals surface area contributed by atoms with Crippen LogP contribution in [-0.2, 0) is 10.0 Å². The Kier molecular flexibility index (Phi) is 5.03. The number of piperazine rings is 1. The Morgan fingerprint density at radius 3 is 2.57 bits per heavy atom. The molecule has 9 nitrogen and oxygen atoms in total. The summed E-state index contributed by atoms with van der Waals surface area (Å²) in [6, 6.07) is 7.17. The molecule has 1 aliphatic heterocycles. The Labute approximate surface area is 174 Å². The lowest BCUT2D eigenvalue weighted by Gasteiger charge is -2.34. The summed E-state index contributed by atoms with van der Waals surface area (Å²) in [7, 11) is -3.73. The van der Waals surface area contributed by atoms with Gasteiger partial charge in [0, 0.05) is 44.4 Å². The summed E-state index contributed by atoms with van der Waals surface area (Å²) in [6.07, 6.45) is 7.55. The molecule has 2 fully saturated rings. The van der Waals surface area contributed by atoms with Crippen LogP contribution < -0.4 is 4.90 Å². The molecule has 1 saturated heterocycles. The van der Waals surface area contributed by atoms with Crippen molar-refractivity contribution in [1.82, 2.24) is 19.5 Å². The van der Waals surface area contributed by atoms with Crippen LogP contribution in [0.5, 0.6) is 0 Å². The van der Waals surface area contributed by atoms with Crippen LogP contribution in [0.1, 0.15) is 37.5 Å². The van der Waals surface area contributed by atoms with Crippen LogP contribution in [0.3, 0.4) is 0 Å². The topological polar surface area (TPSA) is 106 Å². The minimum atomic E-state index is -3.73. The van der Waals surface area contributed by atoms with Crippen LogP contribution in [0.4, 0.5) is 5.82 Å². The first-order valence-corrected chi connectivity index (χ1v) is 11.6. The zero-order valence-corrected chi connectivity index (χ0v) is 17.3. The molecule has 0 radical (unpaired) electrons. The Morgan fingerprint density at radius 2 is 1.83 bits per heavy atom. The second kappa shape index (κ2) is 7.84. The molecule has 0 unspecified atom stereocenters. The molecular formula is C20H23N5O4S. The van der Waals surface area contributed by atoms with E-state index in [2.05, 4.69) is 20.1 Å². The highest BCUT2D eigenvalue weighted by Gasteiger charge is 2.32. The van der Waals surface area contributed by atoms with E-state index in [1.54, 1.807) is 6.20 Å². The molecule has 0 atom stereocenters. The fourth-order valence-electron chi connectivity index (χ4n) is 4.08. The smallest absolute Gasteiger partial charge is 0.276 e. The van der Waals surface area contributed by atoms with E-state index < -0.39 is 10.0 Å². The first-order valence-electron chi connectivity index (χ1n) is 10.2. The molecular weight excluding hydrogens is 406 g/mol. The Hall–Kier alpha value is -2.72. The fraction of sp³-hybridized carbons (Fsp3) is 0.450. The molecule has 0 N–H and O–H groups in total. The average molecular weight is 430 g/mol. The van der Waals surface area contributed by atoms with Gasteiger partial charge >= 0.3 is 0 Å². The normalized spacial score (nSPS) is 18.9. The lowest BCUT2D eigenvalue weighted by Crippen LogP contribution is -2.48. The van der Waals surface area contributed by atoms with Crippen LogP contribution in [-0.4, -0.2) is 54.1 Å². The third kappa shape index (κ3) is 3.61. The van der Waals surface area contributed by atoms with Crippen molar-refractivity contribution in [2.45, 2.75) is 36.7 Å². The fourth-order valence-corrected chi connectivity index (χ4v) is 5.42. The van der Waals surface area contributed by atoms with Gasteiger partial charge in [0.2, 0.25) is 11.0 Å². The van der Waals surface area contributed by atoms with Gasteiger partial charge in [-0.15, -0.1) is 10.2 Å². The van der Waals surface area contributed by atoms with E-state index in [0.29, 0.717) is 49.4 Å². The molecule has 0 amide bonds. The molecule has 30 heavy (non-hydrogen) atoms. The third-order valence-corrected chi connectivity index (χ3v) is 7.54. The molecule has 1 saturated carbocycles. The van der Waals surface area contributed by atoms with Gasteiger partial charge in [0.25, 0.3) is 15.9 Å². The van der Waals surface area contributed by atoms with Gasteiger partial charge < -0.3 is 13.7 Å². The highest BCUT2D eigenvalue weighted by Crippen LogP contribution is 2.35. The maximum atomic E-state index is 13.0. The second-order valence-corrected chi connectivity index (χ2v) is 9.53. The number of nitrogens with zero attached hydrogens (tertiary/aromatic N) is 5. The van der Waals surface area contributed by atoms with Crippen molar-refractivity contribution >= 4 is 15.8 Å². The van der Waals surface area contributed by atoms with Crippen molar-refractivity contribution in [1.29, 1.82) is 0 Å². The van der Waals surface area contributed by atoms with E-state index in [1.807, 2.05) is 18.2 Å². The number of aromatic nitrogens is 3. The molecule has 3 aromatic heterocycles. The first-order chi connectivity index (χ1) is 14.6. The molecule has 1 aliphatic carbocycles. The van der Waals surface area contributed by atoms with Crippen LogP contribution in [0.2, 0.25) is 0 Å².